The molecule has 1 aromatic carbocycles. The van der Waals surface area contributed by atoms with Gasteiger partial charge < -0.3 is 4.90 Å². The Morgan fingerprint density at radius 3 is 2.27 bits per heavy atom. The summed E-state index contributed by atoms with van der Waals surface area (Å²) in [7, 11) is 1.35. The molecule has 0 heterocycles. The van der Waals surface area contributed by atoms with Crippen LogP contribution < -0.4 is 0 Å². The van der Waals surface area contributed by atoms with Gasteiger partial charge in [0.1, 0.15) is 11.6 Å². The lowest BCUT2D eigenvalue weighted by molar-refractivity contribution is 0.0983. The molecule has 0 saturated carbocycles. The van der Waals surface area contributed by atoms with E-state index in [1.807, 2.05) is 11.8 Å². The first-order valence-corrected chi connectivity index (χ1v) is 9.93. The number of alkyl halides is 2. The van der Waals surface area contributed by atoms with Crippen LogP contribution in [-0.4, -0.2) is 36.7 Å². The predicted molar refractivity (Wildman–Crippen MR) is 117 cm³/mol. The third-order valence-corrected chi connectivity index (χ3v) is 4.74. The van der Waals surface area contributed by atoms with Gasteiger partial charge in [0.15, 0.2) is 0 Å². The van der Waals surface area contributed by atoms with E-state index in [0.717, 1.165) is 25.1 Å². The summed E-state index contributed by atoms with van der Waals surface area (Å²) >= 11 is 0. The lowest BCUT2D eigenvalue weighted by Gasteiger charge is -2.28. The summed E-state index contributed by atoms with van der Waals surface area (Å²) in [6.07, 6.45) is 1.41. The summed E-state index contributed by atoms with van der Waals surface area (Å²) in [5.41, 5.74) is 2.31. The van der Waals surface area contributed by atoms with Crippen LogP contribution in [0.15, 0.2) is 53.7 Å². The van der Waals surface area contributed by atoms with E-state index >= 15 is 0 Å². The van der Waals surface area contributed by atoms with Crippen molar-refractivity contribution in [1.29, 1.82) is 0 Å². The van der Waals surface area contributed by atoms with Crippen LogP contribution in [-0.2, 0) is 6.42 Å². The van der Waals surface area contributed by atoms with E-state index < -0.39 is 17.6 Å². The van der Waals surface area contributed by atoms with Crippen molar-refractivity contribution in [1.82, 2.24) is 4.90 Å². The molecule has 2 nitrogen and oxygen atoms in total. The highest BCUT2D eigenvalue weighted by molar-refractivity contribution is 5.92. The quantitative estimate of drug-likeness (QED) is 0.208. The van der Waals surface area contributed by atoms with Crippen molar-refractivity contribution in [2.75, 3.05) is 20.1 Å². The summed E-state index contributed by atoms with van der Waals surface area (Å²) in [6.45, 7) is 17.4. The van der Waals surface area contributed by atoms with E-state index in [1.54, 1.807) is 0 Å². The number of aliphatic imine (C=N–C) groups is 1. The normalized spacial score (nSPS) is 12.1. The minimum absolute atomic E-state index is 0.00220. The van der Waals surface area contributed by atoms with Crippen LogP contribution in [0.4, 0.5) is 17.6 Å². The SMILES string of the molecule is C=C(CC(=C)N(CCC)CC(=C)C/C(=N\C)C(C)(F)F)Cc1cc(F)cc(C)c1F. The molecular weight excluding hydrogens is 392 g/mol. The molecule has 6 heteroatoms. The fraction of sp³-hybridized carbons (Fsp3) is 0.458. The molecule has 0 saturated heterocycles. The summed E-state index contributed by atoms with van der Waals surface area (Å²) < 4.78 is 55.0. The lowest BCUT2D eigenvalue weighted by atomic mass is 9.99. The number of allylic oxidation sites excluding steroid dienone is 1. The summed E-state index contributed by atoms with van der Waals surface area (Å²) in [4.78, 5) is 5.66. The van der Waals surface area contributed by atoms with Gasteiger partial charge in [-0.15, -0.1) is 0 Å². The van der Waals surface area contributed by atoms with Crippen LogP contribution in [0.1, 0.15) is 44.2 Å². The second-order valence-electron chi connectivity index (χ2n) is 7.77. The molecule has 0 N–H and O–H groups in total. The van der Waals surface area contributed by atoms with Crippen LogP contribution in [0.3, 0.4) is 0 Å². The molecule has 1 rings (SSSR count). The molecule has 0 unspecified atom stereocenters. The summed E-state index contributed by atoms with van der Waals surface area (Å²) in [6, 6.07) is 2.33. The molecular formula is C24H32F4N2. The highest BCUT2D eigenvalue weighted by atomic mass is 19.3. The Balaban J connectivity index is 2.80. The molecule has 0 aliphatic heterocycles. The van der Waals surface area contributed by atoms with E-state index in [1.165, 1.54) is 20.0 Å². The van der Waals surface area contributed by atoms with E-state index in [-0.39, 0.29) is 29.7 Å². The lowest BCUT2D eigenvalue weighted by Crippen LogP contribution is -2.29. The maximum absolute atomic E-state index is 14.3. The second-order valence-corrected chi connectivity index (χ2v) is 7.77. The average molecular weight is 425 g/mol. The Kier molecular flexibility index (Phi) is 9.53. The largest absolute Gasteiger partial charge is 0.371 e. The number of hydrogen-bond acceptors (Lipinski definition) is 2. The number of rotatable bonds is 12. The minimum atomic E-state index is -2.99. The van der Waals surface area contributed by atoms with Gasteiger partial charge in [0, 0.05) is 45.6 Å². The zero-order valence-corrected chi connectivity index (χ0v) is 18.4. The number of halogens is 4. The van der Waals surface area contributed by atoms with Crippen LogP contribution >= 0.6 is 0 Å². The van der Waals surface area contributed by atoms with Crippen LogP contribution in [0, 0.1) is 18.6 Å². The number of nitrogens with zero attached hydrogens (tertiary/aromatic N) is 2. The van der Waals surface area contributed by atoms with Crippen molar-refractivity contribution in [3.05, 3.63) is 71.5 Å². The maximum atomic E-state index is 14.3. The first-order valence-electron chi connectivity index (χ1n) is 9.93. The third kappa shape index (κ3) is 7.81. The molecule has 30 heavy (non-hydrogen) atoms. The van der Waals surface area contributed by atoms with Gasteiger partial charge in [0.05, 0.1) is 5.71 Å². The molecule has 0 aromatic heterocycles. The Bertz CT molecular complexity index is 819. The zero-order valence-electron chi connectivity index (χ0n) is 18.4. The Morgan fingerprint density at radius 1 is 1.10 bits per heavy atom. The highest BCUT2D eigenvalue weighted by Crippen LogP contribution is 2.24. The van der Waals surface area contributed by atoms with Gasteiger partial charge in [-0.1, -0.05) is 37.8 Å². The topological polar surface area (TPSA) is 15.6 Å². The molecule has 0 fully saturated rings. The van der Waals surface area contributed by atoms with Gasteiger partial charge in [0.25, 0.3) is 5.92 Å². The molecule has 0 aliphatic carbocycles. The van der Waals surface area contributed by atoms with Gasteiger partial charge in [-0.2, -0.15) is 0 Å². The van der Waals surface area contributed by atoms with Gasteiger partial charge >= 0.3 is 0 Å². The molecule has 1 aromatic rings. The molecule has 0 aliphatic rings. The smallest absolute Gasteiger partial charge is 0.283 e. The van der Waals surface area contributed by atoms with E-state index in [9.17, 15) is 17.6 Å². The van der Waals surface area contributed by atoms with Crippen molar-refractivity contribution in [2.45, 2.75) is 52.4 Å². The molecule has 0 atom stereocenters. The van der Waals surface area contributed by atoms with Crippen LogP contribution in [0.2, 0.25) is 0 Å². The third-order valence-electron chi connectivity index (χ3n) is 4.74. The number of aryl methyl sites for hydroxylation is 1. The van der Waals surface area contributed by atoms with Crippen molar-refractivity contribution >= 4 is 5.71 Å². The zero-order chi connectivity index (χ0) is 23.1. The Morgan fingerprint density at radius 2 is 1.73 bits per heavy atom. The van der Waals surface area contributed by atoms with Gasteiger partial charge in [-0.3, -0.25) is 4.99 Å². The van der Waals surface area contributed by atoms with E-state index in [0.29, 0.717) is 30.7 Å². The number of hydrogen-bond donors (Lipinski definition) is 0. The molecule has 0 amide bonds. The summed E-state index contributed by atoms with van der Waals surface area (Å²) in [5.74, 6) is -3.92. The molecule has 166 valence electrons. The minimum Gasteiger partial charge on any atom is -0.371 e. The number of benzene rings is 1. The van der Waals surface area contributed by atoms with Crippen LogP contribution in [0.5, 0.6) is 0 Å². The standard InChI is InChI=1S/C24H32F4N2/c1-8-9-30(15-17(3)12-22(29-7)24(6,27)28)19(5)10-16(2)11-20-14-21(25)13-18(4)23(20)26/h13-14H,2-3,5,8-12,15H2,1,4,6-7H3/b29-22+. The van der Waals surface area contributed by atoms with E-state index in [4.69, 9.17) is 0 Å². The van der Waals surface area contributed by atoms with Crippen molar-refractivity contribution in [3.63, 3.8) is 0 Å². The van der Waals surface area contributed by atoms with Crippen molar-refractivity contribution in [3.8, 4) is 0 Å². The van der Waals surface area contributed by atoms with Crippen molar-refractivity contribution < 1.29 is 17.6 Å². The first-order chi connectivity index (χ1) is 13.9. The second kappa shape index (κ2) is 11.1. The fourth-order valence-electron chi connectivity index (χ4n) is 3.27. The fourth-order valence-corrected chi connectivity index (χ4v) is 3.27. The van der Waals surface area contributed by atoms with Gasteiger partial charge in [-0.25, -0.2) is 17.6 Å². The van der Waals surface area contributed by atoms with Crippen molar-refractivity contribution in [2.24, 2.45) is 4.99 Å². The van der Waals surface area contributed by atoms with Crippen LogP contribution in [0.25, 0.3) is 0 Å². The highest BCUT2D eigenvalue weighted by Gasteiger charge is 2.29. The van der Waals surface area contributed by atoms with Gasteiger partial charge in [-0.05, 0) is 43.0 Å². The average Bonchev–Trinajstić information content (AvgIpc) is 2.62. The molecule has 0 radical (unpaired) electrons. The van der Waals surface area contributed by atoms with Gasteiger partial charge in [0.2, 0.25) is 0 Å². The monoisotopic (exact) mass is 424 g/mol. The Labute approximate surface area is 177 Å². The first kappa shape index (κ1) is 25.7. The Hall–Kier alpha value is -2.37. The summed E-state index contributed by atoms with van der Waals surface area (Å²) in [5, 5.41) is 0. The predicted octanol–water partition coefficient (Wildman–Crippen LogP) is 6.66. The van der Waals surface area contributed by atoms with E-state index in [2.05, 4.69) is 24.7 Å². The molecule has 0 spiro atoms. The maximum Gasteiger partial charge on any atom is 0.283 e. The molecule has 0 bridgehead atoms.